The molecule has 0 saturated heterocycles. The number of carbonyl (C=O) groups is 1. The molecule has 0 bridgehead atoms. The summed E-state index contributed by atoms with van der Waals surface area (Å²) < 4.78 is 31.5. The maximum atomic E-state index is 14.6. The van der Waals surface area contributed by atoms with E-state index in [0.717, 1.165) is 42.4 Å². The molecule has 1 saturated carbocycles. The number of amides is 1. The van der Waals surface area contributed by atoms with Crippen molar-refractivity contribution >= 4 is 11.8 Å². The normalized spacial score (nSPS) is 25.3. The van der Waals surface area contributed by atoms with E-state index in [0.29, 0.717) is 42.2 Å². The zero-order valence-electron chi connectivity index (χ0n) is 33.0. The predicted molar refractivity (Wildman–Crippen MR) is 212 cm³/mol. The Hall–Kier alpha value is -4.52. The van der Waals surface area contributed by atoms with Crippen molar-refractivity contribution in [1.29, 1.82) is 0 Å². The van der Waals surface area contributed by atoms with Gasteiger partial charge in [0.2, 0.25) is 12.6 Å². The van der Waals surface area contributed by atoms with Gasteiger partial charge in [0, 0.05) is 37.7 Å². The van der Waals surface area contributed by atoms with Gasteiger partial charge in [-0.15, -0.1) is 13.2 Å². The van der Waals surface area contributed by atoms with Crippen molar-refractivity contribution in [2.45, 2.75) is 102 Å². The number of oxime groups is 1. The van der Waals surface area contributed by atoms with E-state index < -0.39 is 29.4 Å². The van der Waals surface area contributed by atoms with Gasteiger partial charge in [-0.2, -0.15) is 0 Å². The molecule has 12 nitrogen and oxygen atoms in total. The average molecular weight is 775 g/mol. The Morgan fingerprint density at radius 3 is 2.48 bits per heavy atom. The lowest BCUT2D eigenvalue weighted by Gasteiger charge is -2.59. The number of hydrogen-bond donors (Lipinski definition) is 3. The monoisotopic (exact) mass is 774 g/mol. The Balaban J connectivity index is 1.59. The highest BCUT2D eigenvalue weighted by Crippen LogP contribution is 2.62. The fourth-order valence-electron chi connectivity index (χ4n) is 8.70. The first-order chi connectivity index (χ1) is 27.0. The minimum Gasteiger partial charge on any atom is -0.508 e. The summed E-state index contributed by atoms with van der Waals surface area (Å²) in [4.78, 5) is 22.4. The van der Waals surface area contributed by atoms with Gasteiger partial charge in [0.15, 0.2) is 11.5 Å². The molecule has 2 aromatic carbocycles. The lowest BCUT2D eigenvalue weighted by molar-refractivity contribution is -0.256. The number of hydrogen-bond acceptors (Lipinski definition) is 11. The van der Waals surface area contributed by atoms with E-state index in [1.807, 2.05) is 39.0 Å². The van der Waals surface area contributed by atoms with Gasteiger partial charge in [0.05, 0.1) is 24.8 Å². The molecule has 0 spiro atoms. The quantitative estimate of drug-likeness (QED) is 0.0780. The molecule has 2 aliphatic heterocycles. The summed E-state index contributed by atoms with van der Waals surface area (Å²) in [6.07, 6.45) is 10.3. The number of phenolic OH excluding ortho intramolecular Hbond substituents is 1. The van der Waals surface area contributed by atoms with Crippen LogP contribution in [0.15, 0.2) is 78.5 Å². The maximum absolute atomic E-state index is 14.6. The van der Waals surface area contributed by atoms with Crippen LogP contribution in [0.2, 0.25) is 0 Å². The van der Waals surface area contributed by atoms with Crippen LogP contribution in [0.5, 0.6) is 23.0 Å². The van der Waals surface area contributed by atoms with Gasteiger partial charge >= 0.3 is 6.09 Å². The van der Waals surface area contributed by atoms with E-state index >= 15 is 0 Å². The number of benzene rings is 2. The summed E-state index contributed by atoms with van der Waals surface area (Å²) in [5, 5.41) is 35.5. The number of aliphatic hydroxyl groups is 2. The molecule has 0 aromatic heterocycles. The fourth-order valence-corrected chi connectivity index (χ4v) is 8.70. The SMILES string of the molecule is C=CCCOC(=O)N(Cc1ccc2c(c1)OCO2)[C@H]1CC(=NOC(C)(C)C)C2=C[C@H](CCCCO)[C@@H](CCCCO)[C@@H]3c4cc(O)ccc4O[C@@]1(OCC=C)[C@H]23. The molecule has 6 rings (SSSR count). The summed E-state index contributed by atoms with van der Waals surface area (Å²) in [6, 6.07) is 9.96. The average Bonchev–Trinajstić information content (AvgIpc) is 3.65. The summed E-state index contributed by atoms with van der Waals surface area (Å²) >= 11 is 0. The molecule has 2 aromatic rings. The van der Waals surface area contributed by atoms with E-state index in [4.69, 9.17) is 33.7 Å². The van der Waals surface area contributed by atoms with Gasteiger partial charge in [0.1, 0.15) is 23.1 Å². The number of aliphatic hydroxyl groups excluding tert-OH is 2. The molecule has 3 N–H and O–H groups in total. The van der Waals surface area contributed by atoms with Gasteiger partial charge in [-0.3, -0.25) is 4.90 Å². The van der Waals surface area contributed by atoms with Crippen molar-refractivity contribution in [3.63, 3.8) is 0 Å². The van der Waals surface area contributed by atoms with Gasteiger partial charge in [-0.05, 0) is 106 Å². The highest BCUT2D eigenvalue weighted by atomic mass is 16.7. The van der Waals surface area contributed by atoms with Crippen LogP contribution in [0.4, 0.5) is 4.79 Å². The molecular formula is C44H58N2O10. The molecule has 304 valence electrons. The second kappa shape index (κ2) is 18.2. The number of carbonyl (C=O) groups excluding carboxylic acids is 1. The van der Waals surface area contributed by atoms with Crippen LogP contribution in [0.1, 0.15) is 89.2 Å². The van der Waals surface area contributed by atoms with Crippen molar-refractivity contribution in [2.75, 3.05) is 33.2 Å². The summed E-state index contributed by atoms with van der Waals surface area (Å²) in [6.45, 7) is 14.3. The van der Waals surface area contributed by atoms with Gasteiger partial charge < -0.3 is 43.8 Å². The van der Waals surface area contributed by atoms with E-state index in [9.17, 15) is 20.1 Å². The molecule has 0 unspecified atom stereocenters. The number of fused-ring (bicyclic) bond motifs is 3. The molecule has 1 fully saturated rings. The van der Waals surface area contributed by atoms with Crippen LogP contribution in [-0.4, -0.2) is 82.7 Å². The number of nitrogens with zero attached hydrogens (tertiary/aromatic N) is 2. The number of phenols is 1. The summed E-state index contributed by atoms with van der Waals surface area (Å²) in [7, 11) is 0. The first-order valence-electron chi connectivity index (χ1n) is 19.9. The third kappa shape index (κ3) is 8.87. The third-order valence-corrected chi connectivity index (χ3v) is 11.0. The standard InChI is InChI=1S/C44H58N2O10/c1-6-8-22-51-42(50)46(27-29-15-17-37-38(23-29)53-28-52-37)39-26-35(45-56-43(3,4)5)33-24-30(13-9-11-19-47)32(14-10-12-20-48)40-34-25-31(49)16-18-36(34)55-44(39,41(33)40)54-21-7-2/h6-7,15-18,23-25,30,32,39-41,47-49H,1-2,8-14,19-22,26-28H2,3-5H3/t30-,32+,39-,40+,41+,44+/m0/s1. The third-order valence-electron chi connectivity index (χ3n) is 11.0. The topological polar surface area (TPSA) is 149 Å². The van der Waals surface area contributed by atoms with Gasteiger partial charge in [0.25, 0.3) is 0 Å². The molecule has 2 aliphatic carbocycles. The molecule has 56 heavy (non-hydrogen) atoms. The van der Waals surface area contributed by atoms with Crippen LogP contribution in [0.25, 0.3) is 0 Å². The Morgan fingerprint density at radius 2 is 1.75 bits per heavy atom. The minimum atomic E-state index is -1.48. The Labute approximate surface area is 330 Å². The molecule has 4 aliphatic rings. The molecular weight excluding hydrogens is 716 g/mol. The number of aromatic hydroxyl groups is 1. The predicted octanol–water partition coefficient (Wildman–Crippen LogP) is 7.77. The largest absolute Gasteiger partial charge is 0.508 e. The molecule has 1 amide bonds. The number of unbranched alkanes of at least 4 members (excludes halogenated alkanes) is 2. The zero-order chi connectivity index (χ0) is 39.9. The van der Waals surface area contributed by atoms with Crippen molar-refractivity contribution in [3.05, 3.63) is 84.5 Å². The Morgan fingerprint density at radius 1 is 1.00 bits per heavy atom. The van der Waals surface area contributed by atoms with E-state index in [-0.39, 0.29) is 69.7 Å². The number of rotatable bonds is 18. The van der Waals surface area contributed by atoms with Gasteiger partial charge in [-0.1, -0.05) is 42.3 Å². The van der Waals surface area contributed by atoms with E-state index in [1.54, 1.807) is 35.3 Å². The Kier molecular flexibility index (Phi) is 13.3. The van der Waals surface area contributed by atoms with Crippen LogP contribution < -0.4 is 14.2 Å². The summed E-state index contributed by atoms with van der Waals surface area (Å²) in [5.41, 5.74) is 2.58. The van der Waals surface area contributed by atoms with Crippen LogP contribution in [0.3, 0.4) is 0 Å². The van der Waals surface area contributed by atoms with E-state index in [1.165, 1.54) is 0 Å². The molecule has 6 atom stereocenters. The first-order valence-corrected chi connectivity index (χ1v) is 19.9. The number of allylic oxidation sites excluding steroid dienone is 1. The van der Waals surface area contributed by atoms with Crippen molar-refractivity contribution in [1.82, 2.24) is 4.90 Å². The van der Waals surface area contributed by atoms with Crippen molar-refractivity contribution < 1.29 is 48.6 Å². The second-order valence-electron chi connectivity index (χ2n) is 16.0. The summed E-state index contributed by atoms with van der Waals surface area (Å²) in [5.74, 6) is -0.301. The van der Waals surface area contributed by atoms with Crippen molar-refractivity contribution in [2.24, 2.45) is 22.9 Å². The molecule has 0 radical (unpaired) electrons. The molecule has 12 heteroatoms. The fraction of sp³-hybridized carbons (Fsp3) is 0.545. The lowest BCUT2D eigenvalue weighted by atomic mass is 9.55. The Bertz CT molecular complexity index is 1770. The zero-order valence-corrected chi connectivity index (χ0v) is 33.0. The highest BCUT2D eigenvalue weighted by Gasteiger charge is 2.65. The second-order valence-corrected chi connectivity index (χ2v) is 16.0. The smallest absolute Gasteiger partial charge is 0.410 e. The maximum Gasteiger partial charge on any atom is 0.410 e. The van der Waals surface area contributed by atoms with Crippen LogP contribution >= 0.6 is 0 Å². The van der Waals surface area contributed by atoms with E-state index in [2.05, 4.69) is 19.2 Å². The first kappa shape index (κ1) is 41.1. The van der Waals surface area contributed by atoms with Crippen LogP contribution in [-0.2, 0) is 20.9 Å². The number of ether oxygens (including phenoxy) is 5. The molecule has 2 heterocycles. The van der Waals surface area contributed by atoms with Gasteiger partial charge in [-0.25, -0.2) is 4.79 Å². The highest BCUT2D eigenvalue weighted by molar-refractivity contribution is 6.03. The minimum absolute atomic E-state index is 0.0236. The van der Waals surface area contributed by atoms with Crippen molar-refractivity contribution in [3.8, 4) is 23.0 Å². The van der Waals surface area contributed by atoms with Crippen LogP contribution in [0, 0.1) is 17.8 Å². The lowest BCUT2D eigenvalue weighted by Crippen LogP contribution is -2.70.